The molecule has 0 aromatic rings. The smallest absolute Gasteiger partial charge is 0.236 e. The average molecular weight is 281 g/mol. The number of hydrogen-bond donors (Lipinski definition) is 0. The van der Waals surface area contributed by atoms with E-state index in [1.54, 1.807) is 0 Å². The summed E-state index contributed by atoms with van der Waals surface area (Å²) in [4.78, 5) is 24.8. The predicted octanol–water partition coefficient (Wildman–Crippen LogP) is 1.87. The summed E-state index contributed by atoms with van der Waals surface area (Å²) in [6.45, 7) is 6.86. The maximum absolute atomic E-state index is 12.0. The van der Waals surface area contributed by atoms with Crippen molar-refractivity contribution in [3.8, 4) is 0 Å². The lowest BCUT2D eigenvalue weighted by molar-refractivity contribution is -0.150. The van der Waals surface area contributed by atoms with Gasteiger partial charge in [-0.15, -0.1) is 0 Å². The fraction of sp³-hybridized carbons (Fsp3) is 0.733. The first-order valence-electron chi connectivity index (χ1n) is 7.37. The van der Waals surface area contributed by atoms with Gasteiger partial charge < -0.3 is 9.47 Å². The lowest BCUT2D eigenvalue weighted by Gasteiger charge is -2.31. The molecule has 2 heterocycles. The molecular weight excluding hydrogens is 258 g/mol. The van der Waals surface area contributed by atoms with Crippen LogP contribution in [0.15, 0.2) is 12.3 Å². The van der Waals surface area contributed by atoms with Crippen LogP contribution in [0.4, 0.5) is 0 Å². The molecule has 2 rings (SSSR count). The Morgan fingerprint density at radius 1 is 1.40 bits per heavy atom. The number of nitrogens with zero attached hydrogens (tertiary/aromatic N) is 1. The van der Waals surface area contributed by atoms with Crippen molar-refractivity contribution in [2.24, 2.45) is 5.92 Å². The van der Waals surface area contributed by atoms with E-state index in [2.05, 4.69) is 20.8 Å². The van der Waals surface area contributed by atoms with Crippen LogP contribution in [0, 0.1) is 5.92 Å². The van der Waals surface area contributed by atoms with Gasteiger partial charge in [0.15, 0.2) is 12.0 Å². The molecule has 1 saturated heterocycles. The van der Waals surface area contributed by atoms with Crippen LogP contribution in [-0.2, 0) is 19.1 Å². The van der Waals surface area contributed by atoms with Crippen LogP contribution >= 0.6 is 0 Å². The Bertz CT molecular complexity index is 407. The van der Waals surface area contributed by atoms with E-state index in [0.29, 0.717) is 6.61 Å². The molecule has 0 unspecified atom stereocenters. The fourth-order valence-corrected chi connectivity index (χ4v) is 2.80. The maximum atomic E-state index is 12.0. The van der Waals surface area contributed by atoms with E-state index in [-0.39, 0.29) is 36.2 Å². The molecule has 0 bridgehead atoms. The molecule has 0 radical (unpaired) electrons. The van der Waals surface area contributed by atoms with Crippen molar-refractivity contribution < 1.29 is 19.1 Å². The molecule has 0 saturated carbocycles. The normalized spacial score (nSPS) is 34.0. The Kier molecular flexibility index (Phi) is 4.94. The number of carbonyl (C=O) groups is 2. The van der Waals surface area contributed by atoms with Gasteiger partial charge in [0, 0.05) is 18.7 Å². The molecule has 5 nitrogen and oxygen atoms in total. The number of ketones is 1. The molecule has 1 amide bonds. The summed E-state index contributed by atoms with van der Waals surface area (Å²) in [5.41, 5.74) is 0. The SMILES string of the molecule is CCCO[C@@H]1[C@H](C)[C@@H](CC)O[C@H]1N1C=CC(=O)CC1=O. The average Bonchev–Trinajstić information content (AvgIpc) is 2.73. The van der Waals surface area contributed by atoms with Crippen LogP contribution in [0.3, 0.4) is 0 Å². The van der Waals surface area contributed by atoms with Gasteiger partial charge in [0.05, 0.1) is 12.5 Å². The first kappa shape index (κ1) is 15.2. The van der Waals surface area contributed by atoms with Gasteiger partial charge in [-0.1, -0.05) is 20.8 Å². The third-order valence-electron chi connectivity index (χ3n) is 3.93. The summed E-state index contributed by atoms with van der Waals surface area (Å²) in [6, 6.07) is 0. The zero-order valence-electron chi connectivity index (χ0n) is 12.4. The number of amides is 1. The Hall–Kier alpha value is -1.20. The van der Waals surface area contributed by atoms with E-state index in [1.807, 2.05) is 0 Å². The lowest BCUT2D eigenvalue weighted by Crippen LogP contribution is -2.46. The van der Waals surface area contributed by atoms with Gasteiger partial charge in [0.1, 0.15) is 6.10 Å². The van der Waals surface area contributed by atoms with Crippen molar-refractivity contribution in [3.63, 3.8) is 0 Å². The molecule has 0 N–H and O–H groups in total. The number of ether oxygens (including phenoxy) is 2. The second-order valence-electron chi connectivity index (χ2n) is 5.43. The van der Waals surface area contributed by atoms with Crippen molar-refractivity contribution >= 4 is 11.7 Å². The van der Waals surface area contributed by atoms with E-state index >= 15 is 0 Å². The Morgan fingerprint density at radius 3 is 2.75 bits per heavy atom. The Labute approximate surface area is 119 Å². The monoisotopic (exact) mass is 281 g/mol. The van der Waals surface area contributed by atoms with E-state index in [4.69, 9.17) is 9.47 Å². The van der Waals surface area contributed by atoms with E-state index < -0.39 is 6.23 Å². The fourth-order valence-electron chi connectivity index (χ4n) is 2.80. The highest BCUT2D eigenvalue weighted by Gasteiger charge is 2.46. The molecule has 4 atom stereocenters. The predicted molar refractivity (Wildman–Crippen MR) is 73.8 cm³/mol. The first-order chi connectivity index (χ1) is 9.58. The summed E-state index contributed by atoms with van der Waals surface area (Å²) < 4.78 is 11.9. The third-order valence-corrected chi connectivity index (χ3v) is 3.93. The van der Waals surface area contributed by atoms with Crippen LogP contribution in [0.1, 0.15) is 40.0 Å². The van der Waals surface area contributed by atoms with Gasteiger partial charge in [-0.2, -0.15) is 0 Å². The number of rotatable bonds is 5. The third kappa shape index (κ3) is 2.94. The lowest BCUT2D eigenvalue weighted by atomic mass is 9.98. The largest absolute Gasteiger partial charge is 0.373 e. The van der Waals surface area contributed by atoms with Crippen molar-refractivity contribution in [2.75, 3.05) is 6.61 Å². The van der Waals surface area contributed by atoms with Crippen molar-refractivity contribution in [1.29, 1.82) is 0 Å². The topological polar surface area (TPSA) is 55.8 Å². The number of allylic oxidation sites excluding steroid dienone is 1. The molecule has 20 heavy (non-hydrogen) atoms. The molecule has 112 valence electrons. The van der Waals surface area contributed by atoms with Crippen molar-refractivity contribution in [3.05, 3.63) is 12.3 Å². The van der Waals surface area contributed by atoms with Gasteiger partial charge in [-0.05, 0) is 18.9 Å². The summed E-state index contributed by atoms with van der Waals surface area (Å²) in [5.74, 6) is -0.137. The molecule has 0 aliphatic carbocycles. The standard InChI is InChI=1S/C15H23NO4/c1-4-8-19-14-10(3)12(5-2)20-15(14)16-7-6-11(17)9-13(16)18/h6-7,10,12,14-15H,4-5,8-9H2,1-3H3/t10-,12-,14-,15-/m1/s1. The van der Waals surface area contributed by atoms with Gasteiger partial charge in [-0.3, -0.25) is 14.5 Å². The van der Waals surface area contributed by atoms with Gasteiger partial charge in [0.25, 0.3) is 0 Å². The highest BCUT2D eigenvalue weighted by molar-refractivity contribution is 6.06. The Morgan fingerprint density at radius 2 is 2.15 bits per heavy atom. The second kappa shape index (κ2) is 6.50. The molecule has 0 aromatic carbocycles. The molecule has 1 fully saturated rings. The number of hydrogen-bond acceptors (Lipinski definition) is 4. The summed E-state index contributed by atoms with van der Waals surface area (Å²) in [5, 5.41) is 0. The van der Waals surface area contributed by atoms with Gasteiger partial charge >= 0.3 is 0 Å². The maximum Gasteiger partial charge on any atom is 0.236 e. The quantitative estimate of drug-likeness (QED) is 0.722. The molecule has 0 aromatic heterocycles. The van der Waals surface area contributed by atoms with Crippen molar-refractivity contribution in [1.82, 2.24) is 4.90 Å². The minimum absolute atomic E-state index is 0.0813. The van der Waals surface area contributed by atoms with Gasteiger partial charge in [-0.25, -0.2) is 0 Å². The van der Waals surface area contributed by atoms with Gasteiger partial charge in [0.2, 0.25) is 5.91 Å². The zero-order valence-corrected chi connectivity index (χ0v) is 12.4. The molecule has 5 heteroatoms. The minimum Gasteiger partial charge on any atom is -0.373 e. The second-order valence-corrected chi connectivity index (χ2v) is 5.43. The zero-order chi connectivity index (χ0) is 14.7. The van der Waals surface area contributed by atoms with Crippen LogP contribution in [0.25, 0.3) is 0 Å². The van der Waals surface area contributed by atoms with Crippen LogP contribution in [0.5, 0.6) is 0 Å². The summed E-state index contributed by atoms with van der Waals surface area (Å²) >= 11 is 0. The summed E-state index contributed by atoms with van der Waals surface area (Å²) in [6.07, 6.45) is 4.23. The van der Waals surface area contributed by atoms with Crippen LogP contribution < -0.4 is 0 Å². The Balaban J connectivity index is 2.16. The van der Waals surface area contributed by atoms with E-state index in [1.165, 1.54) is 17.2 Å². The minimum atomic E-state index is -0.418. The molecule has 2 aliphatic rings. The first-order valence-corrected chi connectivity index (χ1v) is 7.37. The molecule has 2 aliphatic heterocycles. The highest BCUT2D eigenvalue weighted by atomic mass is 16.6. The van der Waals surface area contributed by atoms with Crippen molar-refractivity contribution in [2.45, 2.75) is 58.5 Å². The number of carbonyl (C=O) groups excluding carboxylic acids is 2. The highest BCUT2D eigenvalue weighted by Crippen LogP contribution is 2.34. The van der Waals surface area contributed by atoms with Crippen LogP contribution in [0.2, 0.25) is 0 Å². The van der Waals surface area contributed by atoms with Crippen LogP contribution in [-0.4, -0.2) is 41.6 Å². The summed E-state index contributed by atoms with van der Waals surface area (Å²) in [7, 11) is 0. The molecule has 0 spiro atoms. The van der Waals surface area contributed by atoms with E-state index in [9.17, 15) is 9.59 Å². The molecular formula is C15H23NO4. The van der Waals surface area contributed by atoms with E-state index in [0.717, 1.165) is 12.8 Å².